The summed E-state index contributed by atoms with van der Waals surface area (Å²) < 4.78 is 10.6. The summed E-state index contributed by atoms with van der Waals surface area (Å²) in [7, 11) is 0. The van der Waals surface area contributed by atoms with Gasteiger partial charge in [0.05, 0.1) is 18.6 Å². The van der Waals surface area contributed by atoms with Gasteiger partial charge < -0.3 is 9.47 Å². The Bertz CT molecular complexity index is 709. The van der Waals surface area contributed by atoms with Crippen molar-refractivity contribution in [2.24, 2.45) is 0 Å². The Labute approximate surface area is 155 Å². The van der Waals surface area contributed by atoms with Crippen molar-refractivity contribution < 1.29 is 19.1 Å². The standard InChI is InChI=1S/C22H26O4/c1-3-10-19(16-21(23)25-4-2)26-22(24)20-14-9-8-13-18(20)15-17-11-6-5-7-12-17/h5-9,11-14,19H,3-4,10,15-16H2,1-2H3. The molecule has 0 amide bonds. The third-order valence-corrected chi connectivity index (χ3v) is 4.06. The average Bonchev–Trinajstić information content (AvgIpc) is 2.63. The number of rotatable bonds is 9. The first kappa shape index (κ1) is 19.7. The largest absolute Gasteiger partial charge is 0.466 e. The highest BCUT2D eigenvalue weighted by molar-refractivity contribution is 5.91. The lowest BCUT2D eigenvalue weighted by Crippen LogP contribution is -2.23. The molecule has 2 aromatic rings. The molecule has 0 heterocycles. The van der Waals surface area contributed by atoms with Gasteiger partial charge in [-0.15, -0.1) is 0 Å². The quantitative estimate of drug-likeness (QED) is 0.620. The summed E-state index contributed by atoms with van der Waals surface area (Å²) in [4.78, 5) is 24.4. The minimum atomic E-state index is -0.462. The summed E-state index contributed by atoms with van der Waals surface area (Å²) in [6.45, 7) is 4.08. The zero-order valence-corrected chi connectivity index (χ0v) is 15.4. The molecule has 0 N–H and O–H groups in total. The number of hydrogen-bond donors (Lipinski definition) is 0. The Morgan fingerprint density at radius 1 is 0.962 bits per heavy atom. The molecule has 0 bridgehead atoms. The number of benzene rings is 2. The van der Waals surface area contributed by atoms with Gasteiger partial charge in [-0.1, -0.05) is 61.9 Å². The predicted octanol–water partition coefficient (Wildman–Crippen LogP) is 4.56. The lowest BCUT2D eigenvalue weighted by molar-refractivity contribution is -0.145. The van der Waals surface area contributed by atoms with Gasteiger partial charge in [-0.2, -0.15) is 0 Å². The van der Waals surface area contributed by atoms with Crippen molar-refractivity contribution in [1.82, 2.24) is 0 Å². The number of ether oxygens (including phenoxy) is 2. The molecule has 0 aliphatic carbocycles. The highest BCUT2D eigenvalue weighted by Crippen LogP contribution is 2.18. The number of esters is 2. The van der Waals surface area contributed by atoms with Crippen molar-refractivity contribution in [2.75, 3.05) is 6.61 Å². The first-order chi connectivity index (χ1) is 12.6. The van der Waals surface area contributed by atoms with Crippen molar-refractivity contribution in [3.05, 3.63) is 71.3 Å². The van der Waals surface area contributed by atoms with Crippen molar-refractivity contribution in [2.45, 2.75) is 45.6 Å². The fourth-order valence-corrected chi connectivity index (χ4v) is 2.83. The van der Waals surface area contributed by atoms with Gasteiger partial charge in [-0.05, 0) is 37.0 Å². The minimum absolute atomic E-state index is 0.0915. The van der Waals surface area contributed by atoms with Gasteiger partial charge in [-0.25, -0.2) is 4.79 Å². The molecule has 1 unspecified atom stereocenters. The van der Waals surface area contributed by atoms with Crippen LogP contribution in [0.2, 0.25) is 0 Å². The van der Waals surface area contributed by atoms with E-state index in [-0.39, 0.29) is 18.4 Å². The van der Waals surface area contributed by atoms with Crippen molar-refractivity contribution in [3.8, 4) is 0 Å². The first-order valence-corrected chi connectivity index (χ1v) is 9.12. The molecular weight excluding hydrogens is 328 g/mol. The molecule has 26 heavy (non-hydrogen) atoms. The van der Waals surface area contributed by atoms with Crippen LogP contribution in [0.4, 0.5) is 0 Å². The molecule has 0 saturated heterocycles. The zero-order chi connectivity index (χ0) is 18.8. The molecule has 1 atom stereocenters. The van der Waals surface area contributed by atoms with Crippen molar-refractivity contribution >= 4 is 11.9 Å². The third-order valence-electron chi connectivity index (χ3n) is 4.06. The van der Waals surface area contributed by atoms with E-state index >= 15 is 0 Å². The van der Waals surface area contributed by atoms with Gasteiger partial charge in [-0.3, -0.25) is 4.79 Å². The number of carbonyl (C=O) groups excluding carboxylic acids is 2. The fourth-order valence-electron chi connectivity index (χ4n) is 2.83. The highest BCUT2D eigenvalue weighted by Gasteiger charge is 2.21. The number of hydrogen-bond acceptors (Lipinski definition) is 4. The molecule has 4 nitrogen and oxygen atoms in total. The molecule has 0 fully saturated rings. The van der Waals surface area contributed by atoms with Crippen LogP contribution >= 0.6 is 0 Å². The van der Waals surface area contributed by atoms with Crippen LogP contribution in [0, 0.1) is 0 Å². The normalized spacial score (nSPS) is 11.6. The molecule has 0 saturated carbocycles. The Kier molecular flexibility index (Phi) is 7.87. The Morgan fingerprint density at radius 2 is 1.65 bits per heavy atom. The molecule has 0 aromatic heterocycles. The highest BCUT2D eigenvalue weighted by atomic mass is 16.6. The second kappa shape index (κ2) is 10.4. The average molecular weight is 354 g/mol. The van der Waals surface area contributed by atoms with Crippen LogP contribution in [0.3, 0.4) is 0 Å². The van der Waals surface area contributed by atoms with Crippen molar-refractivity contribution in [1.29, 1.82) is 0 Å². The van der Waals surface area contributed by atoms with Crippen LogP contribution < -0.4 is 0 Å². The second-order valence-electron chi connectivity index (χ2n) is 6.14. The van der Waals surface area contributed by atoms with Gasteiger partial charge in [0, 0.05) is 0 Å². The van der Waals surface area contributed by atoms with Gasteiger partial charge in [0.15, 0.2) is 0 Å². The van der Waals surface area contributed by atoms with Gasteiger partial charge in [0.1, 0.15) is 6.10 Å². The lowest BCUT2D eigenvalue weighted by atomic mass is 10.00. The van der Waals surface area contributed by atoms with E-state index in [1.165, 1.54) is 0 Å². The molecule has 138 valence electrons. The maximum atomic E-state index is 12.7. The molecule has 2 aromatic carbocycles. The summed E-state index contributed by atoms with van der Waals surface area (Å²) in [5.74, 6) is -0.726. The summed E-state index contributed by atoms with van der Waals surface area (Å²) in [5, 5.41) is 0. The third kappa shape index (κ3) is 6.03. The molecule has 4 heteroatoms. The first-order valence-electron chi connectivity index (χ1n) is 9.12. The monoisotopic (exact) mass is 354 g/mol. The van der Waals surface area contributed by atoms with Crippen LogP contribution in [0.15, 0.2) is 54.6 Å². The van der Waals surface area contributed by atoms with Crippen LogP contribution in [-0.2, 0) is 20.7 Å². The van der Waals surface area contributed by atoms with Crippen LogP contribution in [0.1, 0.15) is 54.6 Å². The Hall–Kier alpha value is -2.62. The van der Waals surface area contributed by atoms with Crippen molar-refractivity contribution in [3.63, 3.8) is 0 Å². The summed E-state index contributed by atoms with van der Waals surface area (Å²) in [6.07, 6.45) is 1.74. The molecule has 0 spiro atoms. The maximum Gasteiger partial charge on any atom is 0.338 e. The Balaban J connectivity index is 2.11. The molecule has 2 rings (SSSR count). The van der Waals surface area contributed by atoms with E-state index in [9.17, 15) is 9.59 Å². The van der Waals surface area contributed by atoms with Crippen LogP contribution in [-0.4, -0.2) is 24.6 Å². The van der Waals surface area contributed by atoms with E-state index in [2.05, 4.69) is 0 Å². The predicted molar refractivity (Wildman–Crippen MR) is 101 cm³/mol. The SMILES string of the molecule is CCCC(CC(=O)OCC)OC(=O)c1ccccc1Cc1ccccc1. The van der Waals surface area contributed by atoms with E-state index < -0.39 is 6.10 Å². The van der Waals surface area contributed by atoms with Gasteiger partial charge in [0.2, 0.25) is 0 Å². The molecule has 0 radical (unpaired) electrons. The zero-order valence-electron chi connectivity index (χ0n) is 15.4. The topological polar surface area (TPSA) is 52.6 Å². The summed E-state index contributed by atoms with van der Waals surface area (Å²) >= 11 is 0. The van der Waals surface area contributed by atoms with E-state index in [0.717, 1.165) is 17.5 Å². The summed E-state index contributed by atoms with van der Waals surface area (Å²) in [5.41, 5.74) is 2.58. The molecule has 0 aliphatic heterocycles. The van der Waals surface area contributed by atoms with E-state index in [1.807, 2.05) is 55.5 Å². The number of carbonyl (C=O) groups is 2. The van der Waals surface area contributed by atoms with Crippen LogP contribution in [0.5, 0.6) is 0 Å². The van der Waals surface area contributed by atoms with Gasteiger partial charge in [0.25, 0.3) is 0 Å². The maximum absolute atomic E-state index is 12.7. The molecular formula is C22H26O4. The van der Waals surface area contributed by atoms with Gasteiger partial charge >= 0.3 is 11.9 Å². The second-order valence-corrected chi connectivity index (χ2v) is 6.14. The van der Waals surface area contributed by atoms with E-state index in [0.29, 0.717) is 25.0 Å². The fraction of sp³-hybridized carbons (Fsp3) is 0.364. The van der Waals surface area contributed by atoms with E-state index in [1.54, 1.807) is 13.0 Å². The Morgan fingerprint density at radius 3 is 2.35 bits per heavy atom. The lowest BCUT2D eigenvalue weighted by Gasteiger charge is -2.18. The van der Waals surface area contributed by atoms with E-state index in [4.69, 9.17) is 9.47 Å². The summed E-state index contributed by atoms with van der Waals surface area (Å²) in [6, 6.07) is 17.4. The van der Waals surface area contributed by atoms with Crippen LogP contribution in [0.25, 0.3) is 0 Å². The molecule has 0 aliphatic rings. The smallest absolute Gasteiger partial charge is 0.338 e. The minimum Gasteiger partial charge on any atom is -0.466 e.